The molecular weight excluding hydrogens is 253 g/mol. The van der Waals surface area contributed by atoms with Gasteiger partial charge in [-0.15, -0.1) is 0 Å². The van der Waals surface area contributed by atoms with Crippen LogP contribution in [0.25, 0.3) is 0 Å². The second-order valence-electron chi connectivity index (χ2n) is 4.05. The van der Waals surface area contributed by atoms with Crippen LogP contribution in [0.3, 0.4) is 0 Å². The van der Waals surface area contributed by atoms with E-state index < -0.39 is 29.8 Å². The van der Waals surface area contributed by atoms with Crippen molar-refractivity contribution < 1.29 is 27.9 Å². The number of alkyl halides is 3. The van der Waals surface area contributed by atoms with Crippen LogP contribution >= 0.6 is 0 Å². The number of hydrogen-bond donors (Lipinski definition) is 1. The lowest BCUT2D eigenvalue weighted by Crippen LogP contribution is -2.55. The molecule has 0 aromatic carbocycles. The van der Waals surface area contributed by atoms with Gasteiger partial charge in [-0.3, -0.25) is 4.79 Å². The number of carbonyl (C=O) groups is 2. The highest BCUT2D eigenvalue weighted by Crippen LogP contribution is 2.26. The summed E-state index contributed by atoms with van der Waals surface area (Å²) in [5.41, 5.74) is -1.43. The number of piperazine rings is 1. The van der Waals surface area contributed by atoms with Crippen molar-refractivity contribution in [2.45, 2.75) is 19.1 Å². The largest absolute Gasteiger partial charge is 0.465 e. The van der Waals surface area contributed by atoms with Crippen molar-refractivity contribution in [2.24, 2.45) is 0 Å². The fourth-order valence-electron chi connectivity index (χ4n) is 1.74. The number of nitrogens with zero attached hydrogens (tertiary/aromatic N) is 2. The summed E-state index contributed by atoms with van der Waals surface area (Å²) < 4.78 is 36.9. The lowest BCUT2D eigenvalue weighted by atomic mass is 10.1. The summed E-state index contributed by atoms with van der Waals surface area (Å²) in [6.45, 7) is 4.13. The Morgan fingerprint density at radius 1 is 1.33 bits per heavy atom. The maximum absolute atomic E-state index is 12.3. The summed E-state index contributed by atoms with van der Waals surface area (Å²) in [5.74, 6) is -1.20. The zero-order valence-corrected chi connectivity index (χ0v) is 9.70. The van der Waals surface area contributed by atoms with Crippen LogP contribution in [0.15, 0.2) is 12.2 Å². The van der Waals surface area contributed by atoms with Gasteiger partial charge in [-0.05, 0) is 6.92 Å². The molecule has 1 saturated heterocycles. The zero-order chi connectivity index (χ0) is 14.1. The van der Waals surface area contributed by atoms with Crippen LogP contribution in [-0.4, -0.2) is 58.8 Å². The van der Waals surface area contributed by atoms with Crippen LogP contribution in [0, 0.1) is 0 Å². The van der Waals surface area contributed by atoms with E-state index in [4.69, 9.17) is 5.11 Å². The topological polar surface area (TPSA) is 60.9 Å². The monoisotopic (exact) mass is 266 g/mol. The van der Waals surface area contributed by atoms with Crippen LogP contribution in [0.4, 0.5) is 18.0 Å². The number of hydrogen-bond acceptors (Lipinski definition) is 2. The fourth-order valence-corrected chi connectivity index (χ4v) is 1.74. The number of halogens is 3. The summed E-state index contributed by atoms with van der Waals surface area (Å²) in [5, 5.41) is 8.80. The van der Waals surface area contributed by atoms with Gasteiger partial charge >= 0.3 is 12.3 Å². The van der Waals surface area contributed by atoms with Gasteiger partial charge in [-0.25, -0.2) is 4.79 Å². The molecule has 102 valence electrons. The Hall–Kier alpha value is -1.73. The minimum atomic E-state index is -4.76. The molecule has 1 N–H and O–H groups in total. The minimum Gasteiger partial charge on any atom is -0.465 e. The van der Waals surface area contributed by atoms with Crippen molar-refractivity contribution in [2.75, 3.05) is 19.6 Å². The summed E-state index contributed by atoms with van der Waals surface area (Å²) in [4.78, 5) is 24.3. The van der Waals surface area contributed by atoms with E-state index in [1.165, 1.54) is 6.92 Å². The van der Waals surface area contributed by atoms with E-state index in [1.807, 2.05) is 0 Å². The smallest absolute Gasteiger partial charge is 0.421 e. The first-order valence-corrected chi connectivity index (χ1v) is 5.19. The predicted molar refractivity (Wildman–Crippen MR) is 56.0 cm³/mol. The SMILES string of the molecule is C=C(C(=O)N1CCN(C(=O)O)C(C)C1)C(F)(F)F. The quantitative estimate of drug-likeness (QED) is 0.728. The average Bonchev–Trinajstić information content (AvgIpc) is 2.25. The van der Waals surface area contributed by atoms with E-state index in [1.54, 1.807) is 0 Å². The molecule has 1 heterocycles. The Morgan fingerprint density at radius 2 is 1.89 bits per heavy atom. The minimum absolute atomic E-state index is 0.00657. The van der Waals surface area contributed by atoms with Crippen molar-refractivity contribution in [3.8, 4) is 0 Å². The lowest BCUT2D eigenvalue weighted by Gasteiger charge is -2.38. The Morgan fingerprint density at radius 3 is 2.28 bits per heavy atom. The molecule has 8 heteroatoms. The molecule has 0 radical (unpaired) electrons. The van der Waals surface area contributed by atoms with Crippen LogP contribution in [0.5, 0.6) is 0 Å². The normalized spacial score (nSPS) is 20.8. The molecule has 0 bridgehead atoms. The third-order valence-corrected chi connectivity index (χ3v) is 2.76. The second-order valence-corrected chi connectivity index (χ2v) is 4.05. The highest BCUT2D eigenvalue weighted by Gasteiger charge is 2.40. The number of amides is 2. The number of carboxylic acid groups (broad SMARTS) is 1. The van der Waals surface area contributed by atoms with Crippen molar-refractivity contribution in [3.63, 3.8) is 0 Å². The molecule has 1 rings (SSSR count). The Kier molecular flexibility index (Phi) is 3.88. The Balaban J connectivity index is 2.70. The van der Waals surface area contributed by atoms with Crippen molar-refractivity contribution in [1.29, 1.82) is 0 Å². The van der Waals surface area contributed by atoms with Gasteiger partial charge in [0.05, 0.1) is 0 Å². The molecule has 0 aromatic heterocycles. The van der Waals surface area contributed by atoms with Gasteiger partial charge in [0.15, 0.2) is 0 Å². The third-order valence-electron chi connectivity index (χ3n) is 2.76. The number of carbonyl (C=O) groups excluding carboxylic acids is 1. The van der Waals surface area contributed by atoms with Gasteiger partial charge in [-0.1, -0.05) is 6.58 Å². The predicted octanol–water partition coefficient (Wildman–Crippen LogP) is 1.32. The van der Waals surface area contributed by atoms with Crippen molar-refractivity contribution in [3.05, 3.63) is 12.2 Å². The van der Waals surface area contributed by atoms with Crippen LogP contribution in [-0.2, 0) is 4.79 Å². The van der Waals surface area contributed by atoms with Crippen molar-refractivity contribution >= 4 is 12.0 Å². The van der Waals surface area contributed by atoms with Gasteiger partial charge in [0.2, 0.25) is 0 Å². The van der Waals surface area contributed by atoms with Gasteiger partial charge < -0.3 is 14.9 Å². The van der Waals surface area contributed by atoms with Gasteiger partial charge in [-0.2, -0.15) is 13.2 Å². The maximum atomic E-state index is 12.3. The molecule has 1 unspecified atom stereocenters. The molecule has 1 aliphatic heterocycles. The van der Waals surface area contributed by atoms with E-state index in [2.05, 4.69) is 6.58 Å². The van der Waals surface area contributed by atoms with Crippen LogP contribution < -0.4 is 0 Å². The highest BCUT2D eigenvalue weighted by atomic mass is 19.4. The molecule has 1 fully saturated rings. The third kappa shape index (κ3) is 2.93. The van der Waals surface area contributed by atoms with Gasteiger partial charge in [0.25, 0.3) is 5.91 Å². The Bertz CT molecular complexity index is 381. The fraction of sp³-hybridized carbons (Fsp3) is 0.600. The summed E-state index contributed by atoms with van der Waals surface area (Å²) in [6.07, 6.45) is -5.91. The first-order chi connectivity index (χ1) is 8.14. The molecule has 1 atom stereocenters. The molecule has 5 nitrogen and oxygen atoms in total. The molecule has 18 heavy (non-hydrogen) atoms. The summed E-state index contributed by atoms with van der Waals surface area (Å²) in [6, 6.07) is -0.541. The highest BCUT2D eigenvalue weighted by molar-refractivity contribution is 5.94. The van der Waals surface area contributed by atoms with Crippen LogP contribution in [0.2, 0.25) is 0 Å². The second kappa shape index (κ2) is 4.87. The van der Waals surface area contributed by atoms with Gasteiger partial charge in [0, 0.05) is 25.7 Å². The zero-order valence-electron chi connectivity index (χ0n) is 9.70. The molecule has 2 amide bonds. The first-order valence-electron chi connectivity index (χ1n) is 5.19. The van der Waals surface area contributed by atoms with Gasteiger partial charge in [0.1, 0.15) is 5.57 Å². The molecule has 0 spiro atoms. The average molecular weight is 266 g/mol. The van der Waals surface area contributed by atoms with E-state index >= 15 is 0 Å². The van der Waals surface area contributed by atoms with E-state index in [-0.39, 0.29) is 19.6 Å². The molecule has 0 aliphatic carbocycles. The standard InChI is InChI=1S/C10H13F3N2O3/c1-6-5-14(3-4-15(6)9(17)18)8(16)7(2)10(11,12)13/h6H,2-5H2,1H3,(H,17,18). The van der Waals surface area contributed by atoms with Crippen LogP contribution in [0.1, 0.15) is 6.92 Å². The number of rotatable bonds is 1. The van der Waals surface area contributed by atoms with E-state index in [0.29, 0.717) is 0 Å². The van der Waals surface area contributed by atoms with Crippen molar-refractivity contribution in [1.82, 2.24) is 9.80 Å². The van der Waals surface area contributed by atoms with E-state index in [0.717, 1.165) is 9.80 Å². The Labute approximate surface area is 101 Å². The maximum Gasteiger partial charge on any atom is 0.421 e. The molecular formula is C10H13F3N2O3. The first kappa shape index (κ1) is 14.3. The molecule has 1 aliphatic rings. The summed E-state index contributed by atoms with van der Waals surface area (Å²) >= 11 is 0. The summed E-state index contributed by atoms with van der Waals surface area (Å²) in [7, 11) is 0. The molecule has 0 saturated carbocycles. The molecule has 0 aromatic rings. The lowest BCUT2D eigenvalue weighted by molar-refractivity contribution is -0.141. The van der Waals surface area contributed by atoms with E-state index in [9.17, 15) is 22.8 Å².